The van der Waals surface area contributed by atoms with E-state index in [2.05, 4.69) is 22.4 Å². The van der Waals surface area contributed by atoms with Gasteiger partial charge in [-0.25, -0.2) is 4.98 Å². The van der Waals surface area contributed by atoms with Gasteiger partial charge in [0.05, 0.1) is 17.0 Å². The van der Waals surface area contributed by atoms with Crippen molar-refractivity contribution in [3.63, 3.8) is 0 Å². The van der Waals surface area contributed by atoms with Gasteiger partial charge in [-0.15, -0.1) is 11.6 Å². The average molecular weight is 276 g/mol. The Hall–Kier alpha value is -0.970. The number of alkyl halides is 1. The van der Waals surface area contributed by atoms with Gasteiger partial charge in [-0.2, -0.15) is 0 Å². The predicted octanol–water partition coefficient (Wildman–Crippen LogP) is 2.81. The minimum absolute atomic E-state index is 0.110. The number of nitrogens with zero attached hydrogens (tertiary/aromatic N) is 1. The van der Waals surface area contributed by atoms with Crippen LogP contribution in [0.5, 0.6) is 0 Å². The summed E-state index contributed by atoms with van der Waals surface area (Å²) in [5.41, 5.74) is 6.51. The maximum Gasteiger partial charge on any atom is 0.163 e. The maximum absolute atomic E-state index is 5.99. The molecule has 1 aromatic rings. The van der Waals surface area contributed by atoms with Crippen molar-refractivity contribution in [1.29, 1.82) is 0 Å². The summed E-state index contributed by atoms with van der Waals surface area (Å²) in [5, 5.41) is 0.424. The molecule has 1 rings (SSSR count). The molecule has 0 saturated carbocycles. The van der Waals surface area contributed by atoms with Gasteiger partial charge in [0.2, 0.25) is 0 Å². The van der Waals surface area contributed by atoms with Gasteiger partial charge >= 0.3 is 0 Å². The molecule has 0 spiro atoms. The average Bonchev–Trinajstić information content (AvgIpc) is 2.28. The van der Waals surface area contributed by atoms with Crippen molar-refractivity contribution >= 4 is 29.0 Å². The Bertz CT molecular complexity index is 373. The minimum Gasteiger partial charge on any atom is -0.383 e. The summed E-state index contributed by atoms with van der Waals surface area (Å²) in [6, 6.07) is 3.51. The molecule has 4 nitrogen and oxygen atoms in total. The zero-order valence-electron chi connectivity index (χ0n) is 9.54. The van der Waals surface area contributed by atoms with Gasteiger partial charge in [-0.05, 0) is 12.1 Å². The maximum atomic E-state index is 5.99. The van der Waals surface area contributed by atoms with E-state index in [1.165, 1.54) is 0 Å². The van der Waals surface area contributed by atoms with Gasteiger partial charge in [0.1, 0.15) is 0 Å². The molecule has 0 radical (unpaired) electrons. The van der Waals surface area contributed by atoms with Crippen LogP contribution in [-0.4, -0.2) is 24.1 Å². The molecule has 0 aromatic carbocycles. The molecule has 0 fully saturated rings. The fourth-order valence-corrected chi connectivity index (χ4v) is 1.66. The summed E-state index contributed by atoms with van der Waals surface area (Å²) in [5.74, 6) is 0.549. The van der Waals surface area contributed by atoms with E-state index >= 15 is 0 Å². The molecule has 6 heteroatoms. The fraction of sp³-hybridized carbons (Fsp3) is 0.364. The largest absolute Gasteiger partial charge is 0.383 e. The molecule has 0 aliphatic rings. The molecule has 0 aliphatic carbocycles. The van der Waals surface area contributed by atoms with E-state index in [9.17, 15) is 0 Å². The third-order valence-electron chi connectivity index (χ3n) is 1.93. The number of methoxy groups -OCH3 is 1. The van der Waals surface area contributed by atoms with Gasteiger partial charge in [-0.1, -0.05) is 18.2 Å². The number of aromatic nitrogens is 1. The van der Waals surface area contributed by atoms with Gasteiger partial charge in [-0.3, -0.25) is 5.43 Å². The van der Waals surface area contributed by atoms with Gasteiger partial charge < -0.3 is 10.2 Å². The number of hydrogen-bond donors (Lipinski definition) is 2. The van der Waals surface area contributed by atoms with Crippen LogP contribution in [0.15, 0.2) is 30.6 Å². The standard InChI is InChI=1S/C11H15Cl2N3O/c1-8(6-9(12)7-17-2)15-16-11-10(13)4-3-5-14-11/h3-5,9,15H,1,6-7H2,2H3,(H,14,16). The number of nitrogens with one attached hydrogen (secondary N) is 2. The lowest BCUT2D eigenvalue weighted by Gasteiger charge is -2.14. The number of hydrogen-bond acceptors (Lipinski definition) is 4. The number of hydrazine groups is 1. The highest BCUT2D eigenvalue weighted by atomic mass is 35.5. The van der Waals surface area contributed by atoms with Crippen molar-refractivity contribution in [2.45, 2.75) is 11.8 Å². The Kier molecular flexibility index (Phi) is 6.11. The van der Waals surface area contributed by atoms with Crippen LogP contribution >= 0.6 is 23.2 Å². The first-order valence-electron chi connectivity index (χ1n) is 5.06. The summed E-state index contributed by atoms with van der Waals surface area (Å²) in [4.78, 5) is 4.06. The van der Waals surface area contributed by atoms with E-state index in [-0.39, 0.29) is 5.38 Å². The number of halogens is 2. The summed E-state index contributed by atoms with van der Waals surface area (Å²) in [6.07, 6.45) is 2.24. The molecule has 0 saturated heterocycles. The lowest BCUT2D eigenvalue weighted by atomic mass is 10.2. The number of pyridine rings is 1. The number of rotatable bonds is 7. The van der Waals surface area contributed by atoms with Gasteiger partial charge in [0.25, 0.3) is 0 Å². The van der Waals surface area contributed by atoms with Crippen molar-refractivity contribution in [2.75, 3.05) is 19.1 Å². The monoisotopic (exact) mass is 275 g/mol. The number of ether oxygens (including phenoxy) is 1. The normalized spacial score (nSPS) is 11.9. The van der Waals surface area contributed by atoms with Crippen molar-refractivity contribution in [3.05, 3.63) is 35.6 Å². The lowest BCUT2D eigenvalue weighted by molar-refractivity contribution is 0.197. The third-order valence-corrected chi connectivity index (χ3v) is 2.52. The molecular weight excluding hydrogens is 261 g/mol. The quantitative estimate of drug-likeness (QED) is 0.594. The van der Waals surface area contributed by atoms with E-state index in [4.69, 9.17) is 27.9 Å². The zero-order valence-corrected chi connectivity index (χ0v) is 11.1. The molecule has 94 valence electrons. The third kappa shape index (κ3) is 5.26. The van der Waals surface area contributed by atoms with Crippen LogP contribution in [0, 0.1) is 0 Å². The Morgan fingerprint density at radius 2 is 2.41 bits per heavy atom. The number of allylic oxidation sites excluding steroid dienone is 1. The molecule has 1 heterocycles. The SMILES string of the molecule is C=C(CC(Cl)COC)NNc1ncccc1Cl. The van der Waals surface area contributed by atoms with Crippen LogP contribution in [0.25, 0.3) is 0 Å². The van der Waals surface area contributed by atoms with Crippen molar-refractivity contribution in [2.24, 2.45) is 0 Å². The van der Waals surface area contributed by atoms with E-state index in [1.54, 1.807) is 25.4 Å². The summed E-state index contributed by atoms with van der Waals surface area (Å²) in [6.45, 7) is 4.32. The Morgan fingerprint density at radius 1 is 1.65 bits per heavy atom. The molecule has 0 aliphatic heterocycles. The second kappa shape index (κ2) is 7.37. The first kappa shape index (κ1) is 14.1. The molecule has 2 N–H and O–H groups in total. The van der Waals surface area contributed by atoms with Crippen LogP contribution in [-0.2, 0) is 4.74 Å². The minimum atomic E-state index is -0.110. The summed E-state index contributed by atoms with van der Waals surface area (Å²) < 4.78 is 4.93. The Morgan fingerprint density at radius 3 is 3.06 bits per heavy atom. The first-order chi connectivity index (χ1) is 8.13. The molecule has 1 aromatic heterocycles. The zero-order chi connectivity index (χ0) is 12.7. The van der Waals surface area contributed by atoms with E-state index in [1.807, 2.05) is 0 Å². The van der Waals surface area contributed by atoms with E-state index < -0.39 is 0 Å². The lowest BCUT2D eigenvalue weighted by Crippen LogP contribution is -2.24. The molecule has 1 atom stereocenters. The molecule has 0 amide bonds. The molecular formula is C11H15Cl2N3O. The fourth-order valence-electron chi connectivity index (χ4n) is 1.18. The van der Waals surface area contributed by atoms with Crippen LogP contribution < -0.4 is 10.9 Å². The van der Waals surface area contributed by atoms with Gasteiger partial charge in [0, 0.05) is 25.4 Å². The topological polar surface area (TPSA) is 46.2 Å². The second-order valence-electron chi connectivity index (χ2n) is 3.44. The summed E-state index contributed by atoms with van der Waals surface area (Å²) in [7, 11) is 1.61. The van der Waals surface area contributed by atoms with Crippen LogP contribution in [0.3, 0.4) is 0 Å². The van der Waals surface area contributed by atoms with Crippen LogP contribution in [0.4, 0.5) is 5.82 Å². The van der Waals surface area contributed by atoms with E-state index in [0.717, 1.165) is 5.70 Å². The van der Waals surface area contributed by atoms with Crippen LogP contribution in [0.1, 0.15) is 6.42 Å². The number of anilines is 1. The molecule has 1 unspecified atom stereocenters. The van der Waals surface area contributed by atoms with Crippen molar-refractivity contribution < 1.29 is 4.74 Å². The predicted molar refractivity (Wildman–Crippen MR) is 71.3 cm³/mol. The first-order valence-corrected chi connectivity index (χ1v) is 5.88. The van der Waals surface area contributed by atoms with E-state index in [0.29, 0.717) is 23.9 Å². The highest BCUT2D eigenvalue weighted by Gasteiger charge is 2.06. The van der Waals surface area contributed by atoms with Crippen molar-refractivity contribution in [3.8, 4) is 0 Å². The van der Waals surface area contributed by atoms with Gasteiger partial charge in [0.15, 0.2) is 5.82 Å². The Labute approximate surface area is 111 Å². The molecule has 17 heavy (non-hydrogen) atoms. The highest BCUT2D eigenvalue weighted by Crippen LogP contribution is 2.16. The summed E-state index contributed by atoms with van der Waals surface area (Å²) >= 11 is 11.9. The smallest absolute Gasteiger partial charge is 0.163 e. The van der Waals surface area contributed by atoms with Crippen LogP contribution in [0.2, 0.25) is 5.02 Å². The highest BCUT2D eigenvalue weighted by molar-refractivity contribution is 6.32. The second-order valence-corrected chi connectivity index (χ2v) is 4.47. The Balaban J connectivity index is 2.36. The van der Waals surface area contributed by atoms with Crippen molar-refractivity contribution in [1.82, 2.24) is 10.4 Å². The molecule has 0 bridgehead atoms.